The molecule has 0 spiro atoms. The van der Waals surface area contributed by atoms with E-state index in [2.05, 4.69) is 17.2 Å². The van der Waals surface area contributed by atoms with E-state index in [1.54, 1.807) is 12.4 Å². The Labute approximate surface area is 120 Å². The predicted molar refractivity (Wildman–Crippen MR) is 76.5 cm³/mol. The average Bonchev–Trinajstić information content (AvgIpc) is 2.99. The largest absolute Gasteiger partial charge is 0.389 e. The van der Waals surface area contributed by atoms with Crippen LogP contribution in [0.2, 0.25) is 0 Å². The summed E-state index contributed by atoms with van der Waals surface area (Å²) in [7, 11) is 0. The molecule has 1 saturated heterocycles. The van der Waals surface area contributed by atoms with Gasteiger partial charge in [0.25, 0.3) is 0 Å². The van der Waals surface area contributed by atoms with Crippen molar-refractivity contribution in [2.45, 2.75) is 38.0 Å². The molecule has 2 unspecified atom stereocenters. The number of aromatic nitrogens is 1. The third kappa shape index (κ3) is 5.17. The Bertz CT molecular complexity index is 369. The molecule has 1 aromatic heterocycles. The minimum absolute atomic E-state index is 0.186. The highest BCUT2D eigenvalue weighted by Gasteiger charge is 2.16. The zero-order valence-electron chi connectivity index (χ0n) is 12.0. The Morgan fingerprint density at radius 1 is 1.50 bits per heavy atom. The summed E-state index contributed by atoms with van der Waals surface area (Å²) >= 11 is 0. The van der Waals surface area contributed by atoms with Crippen LogP contribution in [0.15, 0.2) is 24.5 Å². The quantitative estimate of drug-likeness (QED) is 0.751. The van der Waals surface area contributed by atoms with Crippen molar-refractivity contribution in [3.05, 3.63) is 30.1 Å². The third-order valence-corrected chi connectivity index (χ3v) is 3.50. The van der Waals surface area contributed by atoms with Gasteiger partial charge in [-0.2, -0.15) is 0 Å². The number of rotatable bonds is 8. The first-order chi connectivity index (χ1) is 9.75. The summed E-state index contributed by atoms with van der Waals surface area (Å²) < 4.78 is 11.0. The number of ether oxygens (including phenoxy) is 2. The molecule has 0 amide bonds. The summed E-state index contributed by atoms with van der Waals surface area (Å²) in [6.07, 6.45) is 5.43. The normalized spacial score (nSPS) is 21.8. The molecule has 5 nitrogen and oxygen atoms in total. The molecule has 20 heavy (non-hydrogen) atoms. The van der Waals surface area contributed by atoms with Gasteiger partial charge < -0.3 is 19.9 Å². The molecule has 112 valence electrons. The van der Waals surface area contributed by atoms with Crippen LogP contribution in [0.5, 0.6) is 0 Å². The summed E-state index contributed by atoms with van der Waals surface area (Å²) in [6.45, 7) is 4.33. The number of hydrogen-bond acceptors (Lipinski definition) is 5. The van der Waals surface area contributed by atoms with Gasteiger partial charge in [-0.05, 0) is 37.5 Å². The lowest BCUT2D eigenvalue weighted by molar-refractivity contribution is -0.0168. The van der Waals surface area contributed by atoms with Crippen molar-refractivity contribution < 1.29 is 14.6 Å². The molecule has 1 aliphatic rings. The van der Waals surface area contributed by atoms with Gasteiger partial charge in [0.05, 0.1) is 25.4 Å². The van der Waals surface area contributed by atoms with Gasteiger partial charge in [-0.25, -0.2) is 0 Å². The molecular weight excluding hydrogens is 256 g/mol. The average molecular weight is 280 g/mol. The van der Waals surface area contributed by atoms with Crippen molar-refractivity contribution in [1.82, 2.24) is 10.3 Å². The lowest BCUT2D eigenvalue weighted by Gasteiger charge is -2.18. The van der Waals surface area contributed by atoms with Crippen LogP contribution in [0.4, 0.5) is 0 Å². The summed E-state index contributed by atoms with van der Waals surface area (Å²) in [4.78, 5) is 3.99. The van der Waals surface area contributed by atoms with Crippen LogP contribution in [-0.4, -0.2) is 48.7 Å². The van der Waals surface area contributed by atoms with E-state index in [9.17, 15) is 5.11 Å². The van der Waals surface area contributed by atoms with E-state index in [-0.39, 0.29) is 12.1 Å². The monoisotopic (exact) mass is 280 g/mol. The fourth-order valence-electron chi connectivity index (χ4n) is 2.25. The second kappa shape index (κ2) is 8.32. The van der Waals surface area contributed by atoms with Crippen LogP contribution >= 0.6 is 0 Å². The van der Waals surface area contributed by atoms with Crippen molar-refractivity contribution in [3.63, 3.8) is 0 Å². The summed E-state index contributed by atoms with van der Waals surface area (Å²) in [5.41, 5.74) is 1.16. The van der Waals surface area contributed by atoms with Crippen molar-refractivity contribution in [1.29, 1.82) is 0 Å². The zero-order valence-corrected chi connectivity index (χ0v) is 12.0. The molecule has 5 heteroatoms. The van der Waals surface area contributed by atoms with Crippen LogP contribution in [0, 0.1) is 0 Å². The van der Waals surface area contributed by atoms with Gasteiger partial charge in [-0.1, -0.05) is 0 Å². The zero-order chi connectivity index (χ0) is 14.2. The fourth-order valence-corrected chi connectivity index (χ4v) is 2.25. The maximum Gasteiger partial charge on any atom is 0.0897 e. The Hall–Kier alpha value is -1.01. The van der Waals surface area contributed by atoms with Crippen LogP contribution < -0.4 is 5.32 Å². The van der Waals surface area contributed by atoms with E-state index in [1.807, 2.05) is 12.1 Å². The van der Waals surface area contributed by atoms with Crippen molar-refractivity contribution >= 4 is 0 Å². The molecule has 1 fully saturated rings. The highest BCUT2D eigenvalue weighted by molar-refractivity contribution is 5.13. The van der Waals surface area contributed by atoms with E-state index in [1.165, 1.54) is 0 Å². The van der Waals surface area contributed by atoms with Crippen LogP contribution in [0.25, 0.3) is 0 Å². The highest BCUT2D eigenvalue weighted by atomic mass is 16.5. The van der Waals surface area contributed by atoms with Crippen LogP contribution in [-0.2, 0) is 9.47 Å². The SMILES string of the molecule is C[C@H](NCC(O)COCC1CCCO1)c1ccncc1. The van der Waals surface area contributed by atoms with Gasteiger partial charge >= 0.3 is 0 Å². The van der Waals surface area contributed by atoms with Crippen molar-refractivity contribution in [2.75, 3.05) is 26.4 Å². The summed E-state index contributed by atoms with van der Waals surface area (Å²) in [5, 5.41) is 13.2. The van der Waals surface area contributed by atoms with E-state index in [0.717, 1.165) is 25.0 Å². The number of nitrogens with zero attached hydrogens (tertiary/aromatic N) is 1. The van der Waals surface area contributed by atoms with Gasteiger partial charge in [-0.3, -0.25) is 4.98 Å². The second-order valence-corrected chi connectivity index (χ2v) is 5.24. The van der Waals surface area contributed by atoms with E-state index in [4.69, 9.17) is 9.47 Å². The second-order valence-electron chi connectivity index (χ2n) is 5.24. The topological polar surface area (TPSA) is 63.6 Å². The number of pyridine rings is 1. The van der Waals surface area contributed by atoms with Gasteiger partial charge in [0.2, 0.25) is 0 Å². The van der Waals surface area contributed by atoms with Crippen molar-refractivity contribution in [3.8, 4) is 0 Å². The molecule has 2 N–H and O–H groups in total. The molecule has 1 aliphatic heterocycles. The van der Waals surface area contributed by atoms with Gasteiger partial charge in [0, 0.05) is 31.6 Å². The lowest BCUT2D eigenvalue weighted by Crippen LogP contribution is -2.33. The third-order valence-electron chi connectivity index (χ3n) is 3.50. The van der Waals surface area contributed by atoms with E-state index < -0.39 is 6.10 Å². The Kier molecular flexibility index (Phi) is 6.39. The summed E-state index contributed by atoms with van der Waals surface area (Å²) in [6, 6.07) is 4.13. The number of aliphatic hydroxyl groups is 1. The molecule has 0 bridgehead atoms. The van der Waals surface area contributed by atoms with Crippen LogP contribution in [0.1, 0.15) is 31.4 Å². The molecule has 2 heterocycles. The van der Waals surface area contributed by atoms with E-state index >= 15 is 0 Å². The Morgan fingerprint density at radius 2 is 2.30 bits per heavy atom. The molecule has 2 rings (SSSR count). The minimum atomic E-state index is -0.499. The van der Waals surface area contributed by atoms with Gasteiger partial charge in [-0.15, -0.1) is 0 Å². The molecule has 3 atom stereocenters. The molecule has 1 aromatic rings. The lowest BCUT2D eigenvalue weighted by atomic mass is 10.1. The smallest absolute Gasteiger partial charge is 0.0897 e. The van der Waals surface area contributed by atoms with Gasteiger partial charge in [0.15, 0.2) is 0 Å². The van der Waals surface area contributed by atoms with Gasteiger partial charge in [0.1, 0.15) is 0 Å². The first-order valence-electron chi connectivity index (χ1n) is 7.26. The molecule has 0 aromatic carbocycles. The predicted octanol–water partition coefficient (Wildman–Crippen LogP) is 1.29. The molecule has 0 radical (unpaired) electrons. The first-order valence-corrected chi connectivity index (χ1v) is 7.26. The number of aliphatic hydroxyl groups excluding tert-OH is 1. The molecular formula is C15H24N2O3. The fraction of sp³-hybridized carbons (Fsp3) is 0.667. The maximum atomic E-state index is 9.88. The Morgan fingerprint density at radius 3 is 3.00 bits per heavy atom. The highest BCUT2D eigenvalue weighted by Crippen LogP contribution is 2.12. The first kappa shape index (κ1) is 15.4. The maximum absolute atomic E-state index is 9.88. The van der Waals surface area contributed by atoms with E-state index in [0.29, 0.717) is 19.8 Å². The molecule has 0 saturated carbocycles. The number of hydrogen-bond donors (Lipinski definition) is 2. The molecule has 0 aliphatic carbocycles. The standard InChI is InChI=1S/C15H24N2O3/c1-12(13-4-6-16-7-5-13)17-9-14(18)10-19-11-15-3-2-8-20-15/h4-7,12,14-15,17-18H,2-3,8-11H2,1H3/t12-,14?,15?/m0/s1. The Balaban J connectivity index is 1.58. The minimum Gasteiger partial charge on any atom is -0.389 e. The van der Waals surface area contributed by atoms with Crippen molar-refractivity contribution in [2.24, 2.45) is 0 Å². The number of nitrogens with one attached hydrogen (secondary N) is 1. The van der Waals surface area contributed by atoms with Crippen LogP contribution in [0.3, 0.4) is 0 Å². The summed E-state index contributed by atoms with van der Waals surface area (Å²) in [5.74, 6) is 0.